The molecule has 31 heavy (non-hydrogen) atoms. The summed E-state index contributed by atoms with van der Waals surface area (Å²) in [5, 5.41) is 14.9. The highest BCUT2D eigenvalue weighted by atomic mass is 16.5. The van der Waals surface area contributed by atoms with Gasteiger partial charge in [-0.25, -0.2) is 0 Å². The lowest BCUT2D eigenvalue weighted by Gasteiger charge is -2.14. The van der Waals surface area contributed by atoms with E-state index in [1.54, 1.807) is 6.33 Å². The van der Waals surface area contributed by atoms with Crippen LogP contribution in [0.25, 0.3) is 0 Å². The fraction of sp³-hybridized carbons (Fsp3) is 0.375. The minimum atomic E-state index is 0.563. The molecule has 0 saturated carbocycles. The average Bonchev–Trinajstić information content (AvgIpc) is 3.26. The summed E-state index contributed by atoms with van der Waals surface area (Å²) in [6.45, 7) is 7.62. The minimum absolute atomic E-state index is 0.563. The number of guanidine groups is 1. The van der Waals surface area contributed by atoms with Crippen molar-refractivity contribution >= 4 is 5.96 Å². The lowest BCUT2D eigenvalue weighted by molar-refractivity contribution is 0.322. The molecular formula is C24H32N6O. The summed E-state index contributed by atoms with van der Waals surface area (Å²) in [6, 6.07) is 18.5. The summed E-state index contributed by atoms with van der Waals surface area (Å²) in [4.78, 5) is 4.73. The summed E-state index contributed by atoms with van der Waals surface area (Å²) < 4.78 is 7.88. The molecule has 0 spiro atoms. The number of benzene rings is 2. The van der Waals surface area contributed by atoms with E-state index in [2.05, 4.69) is 75.6 Å². The van der Waals surface area contributed by atoms with Gasteiger partial charge in [-0.15, -0.1) is 10.2 Å². The number of aryl methyl sites for hydroxylation is 2. The van der Waals surface area contributed by atoms with Crippen molar-refractivity contribution < 1.29 is 4.74 Å². The van der Waals surface area contributed by atoms with Crippen LogP contribution in [-0.2, 0) is 19.4 Å². The molecule has 0 aliphatic heterocycles. The Morgan fingerprint density at radius 3 is 2.58 bits per heavy atom. The molecule has 0 saturated heterocycles. The summed E-state index contributed by atoms with van der Waals surface area (Å²) in [6.07, 6.45) is 3.54. The van der Waals surface area contributed by atoms with Crippen LogP contribution >= 0.6 is 0 Å². The largest absolute Gasteiger partial charge is 0.492 e. The number of hydrogen-bond donors (Lipinski definition) is 2. The Morgan fingerprint density at radius 1 is 1.03 bits per heavy atom. The first kappa shape index (κ1) is 22.3. The van der Waals surface area contributed by atoms with E-state index in [1.165, 1.54) is 11.1 Å². The normalized spacial score (nSPS) is 11.4. The molecule has 2 N–H and O–H groups in total. The molecule has 0 atom stereocenters. The smallest absolute Gasteiger partial charge is 0.191 e. The molecule has 3 aromatic rings. The number of ether oxygens (including phenoxy) is 1. The second kappa shape index (κ2) is 12.4. The van der Waals surface area contributed by atoms with Gasteiger partial charge in [0.25, 0.3) is 0 Å². The molecule has 0 bridgehead atoms. The Hall–Kier alpha value is -3.35. The van der Waals surface area contributed by atoms with E-state index in [4.69, 9.17) is 9.73 Å². The van der Waals surface area contributed by atoms with Crippen LogP contribution in [0, 0.1) is 6.92 Å². The van der Waals surface area contributed by atoms with Gasteiger partial charge in [0.15, 0.2) is 5.96 Å². The quantitative estimate of drug-likeness (QED) is 0.283. The topological polar surface area (TPSA) is 76.4 Å². The molecule has 3 rings (SSSR count). The van der Waals surface area contributed by atoms with E-state index in [1.807, 2.05) is 18.2 Å². The zero-order valence-corrected chi connectivity index (χ0v) is 18.4. The van der Waals surface area contributed by atoms with Gasteiger partial charge in [-0.1, -0.05) is 55.0 Å². The monoisotopic (exact) mass is 420 g/mol. The van der Waals surface area contributed by atoms with Crippen molar-refractivity contribution in [3.8, 4) is 5.75 Å². The van der Waals surface area contributed by atoms with Gasteiger partial charge < -0.3 is 19.9 Å². The predicted molar refractivity (Wildman–Crippen MR) is 125 cm³/mol. The van der Waals surface area contributed by atoms with Crippen molar-refractivity contribution in [2.24, 2.45) is 4.99 Å². The first-order valence-electron chi connectivity index (χ1n) is 10.9. The summed E-state index contributed by atoms with van der Waals surface area (Å²) in [7, 11) is 0. The van der Waals surface area contributed by atoms with Crippen LogP contribution in [0.5, 0.6) is 5.75 Å². The second-order valence-electron chi connectivity index (χ2n) is 7.28. The van der Waals surface area contributed by atoms with Crippen molar-refractivity contribution in [2.75, 3.05) is 26.2 Å². The lowest BCUT2D eigenvalue weighted by atomic mass is 10.2. The summed E-state index contributed by atoms with van der Waals surface area (Å²) in [5.74, 6) is 2.65. The third kappa shape index (κ3) is 7.77. The fourth-order valence-corrected chi connectivity index (χ4v) is 3.12. The van der Waals surface area contributed by atoms with Crippen LogP contribution in [-0.4, -0.2) is 47.0 Å². The van der Waals surface area contributed by atoms with Crippen LogP contribution in [0.4, 0.5) is 0 Å². The van der Waals surface area contributed by atoms with Gasteiger partial charge in [0.05, 0.1) is 6.54 Å². The van der Waals surface area contributed by atoms with Crippen molar-refractivity contribution in [3.05, 3.63) is 77.9 Å². The van der Waals surface area contributed by atoms with E-state index in [-0.39, 0.29) is 0 Å². The number of nitrogens with zero attached hydrogens (tertiary/aromatic N) is 4. The molecule has 0 radical (unpaired) electrons. The van der Waals surface area contributed by atoms with Crippen LogP contribution < -0.4 is 15.4 Å². The van der Waals surface area contributed by atoms with Crippen molar-refractivity contribution in [1.29, 1.82) is 0 Å². The molecule has 1 aromatic heterocycles. The Balaban J connectivity index is 1.48. The summed E-state index contributed by atoms with van der Waals surface area (Å²) >= 11 is 0. The lowest BCUT2D eigenvalue weighted by Crippen LogP contribution is -2.41. The van der Waals surface area contributed by atoms with Gasteiger partial charge in [0, 0.05) is 26.1 Å². The van der Waals surface area contributed by atoms with Crippen LogP contribution in [0.1, 0.15) is 23.9 Å². The van der Waals surface area contributed by atoms with E-state index >= 15 is 0 Å². The van der Waals surface area contributed by atoms with Gasteiger partial charge >= 0.3 is 0 Å². The van der Waals surface area contributed by atoms with E-state index < -0.39 is 0 Å². The molecule has 0 aliphatic carbocycles. The molecule has 164 valence electrons. The van der Waals surface area contributed by atoms with Gasteiger partial charge in [0.2, 0.25) is 0 Å². The molecule has 7 heteroatoms. The molecule has 2 aromatic carbocycles. The highest BCUT2D eigenvalue weighted by Crippen LogP contribution is 2.10. The Morgan fingerprint density at radius 2 is 1.81 bits per heavy atom. The zero-order chi connectivity index (χ0) is 21.7. The molecular weight excluding hydrogens is 388 g/mol. The van der Waals surface area contributed by atoms with Crippen molar-refractivity contribution in [1.82, 2.24) is 25.4 Å². The Labute approximate surface area is 184 Å². The SMILES string of the molecule is CCc1nncn1CCNC(=NCCc1ccccc1)NCCOc1ccc(C)cc1. The van der Waals surface area contributed by atoms with Crippen LogP contribution in [0.2, 0.25) is 0 Å². The number of rotatable bonds is 11. The maximum absolute atomic E-state index is 5.81. The molecule has 0 aliphatic rings. The van der Waals surface area contributed by atoms with E-state index in [0.717, 1.165) is 43.5 Å². The number of nitrogens with one attached hydrogen (secondary N) is 2. The fourth-order valence-electron chi connectivity index (χ4n) is 3.12. The van der Waals surface area contributed by atoms with Crippen molar-refractivity contribution in [2.45, 2.75) is 33.2 Å². The van der Waals surface area contributed by atoms with E-state index in [0.29, 0.717) is 19.7 Å². The molecule has 0 unspecified atom stereocenters. The van der Waals surface area contributed by atoms with Crippen LogP contribution in [0.15, 0.2) is 65.9 Å². The first-order chi connectivity index (χ1) is 15.2. The molecule has 0 amide bonds. The highest BCUT2D eigenvalue weighted by molar-refractivity contribution is 5.79. The third-order valence-corrected chi connectivity index (χ3v) is 4.85. The number of hydrogen-bond acceptors (Lipinski definition) is 4. The van der Waals surface area contributed by atoms with Gasteiger partial charge in [-0.05, 0) is 31.0 Å². The first-order valence-corrected chi connectivity index (χ1v) is 10.9. The Bertz CT molecular complexity index is 921. The predicted octanol–water partition coefficient (Wildman–Crippen LogP) is 3.01. The van der Waals surface area contributed by atoms with Gasteiger partial charge in [-0.3, -0.25) is 4.99 Å². The number of aliphatic imine (C=N–C) groups is 1. The van der Waals surface area contributed by atoms with Gasteiger partial charge in [0.1, 0.15) is 24.5 Å². The highest BCUT2D eigenvalue weighted by Gasteiger charge is 2.03. The maximum Gasteiger partial charge on any atom is 0.191 e. The Kier molecular flexibility index (Phi) is 8.91. The van der Waals surface area contributed by atoms with Gasteiger partial charge in [-0.2, -0.15) is 0 Å². The molecule has 0 fully saturated rings. The van der Waals surface area contributed by atoms with E-state index in [9.17, 15) is 0 Å². The maximum atomic E-state index is 5.81. The average molecular weight is 421 g/mol. The zero-order valence-electron chi connectivity index (χ0n) is 18.4. The third-order valence-electron chi connectivity index (χ3n) is 4.85. The standard InChI is InChI=1S/C24H32N6O/c1-3-23-29-28-19-30(23)17-15-26-24(25-14-13-21-7-5-4-6-8-21)27-16-18-31-22-11-9-20(2)10-12-22/h4-12,19H,3,13-18H2,1-2H3,(H2,25,26,27). The molecule has 7 nitrogen and oxygen atoms in total. The minimum Gasteiger partial charge on any atom is -0.492 e. The summed E-state index contributed by atoms with van der Waals surface area (Å²) in [5.41, 5.74) is 2.51. The molecule has 1 heterocycles. The van der Waals surface area contributed by atoms with Crippen molar-refractivity contribution in [3.63, 3.8) is 0 Å². The second-order valence-corrected chi connectivity index (χ2v) is 7.28. The van der Waals surface area contributed by atoms with Crippen LogP contribution in [0.3, 0.4) is 0 Å². The number of aromatic nitrogens is 3.